The van der Waals surface area contributed by atoms with Crippen LogP contribution < -0.4 is 0 Å². The molecule has 2 unspecified atom stereocenters. The molecule has 0 aliphatic rings. The first-order valence-corrected chi connectivity index (χ1v) is 7.42. The van der Waals surface area contributed by atoms with Crippen LogP contribution in [0.5, 0.6) is 0 Å². The molecule has 17 heavy (non-hydrogen) atoms. The van der Waals surface area contributed by atoms with Gasteiger partial charge in [-0.05, 0) is 37.9 Å². The highest BCUT2D eigenvalue weighted by molar-refractivity contribution is 7.10. The van der Waals surface area contributed by atoms with E-state index in [0.29, 0.717) is 5.02 Å². The van der Waals surface area contributed by atoms with Gasteiger partial charge in [0.2, 0.25) is 0 Å². The molecule has 0 aliphatic carbocycles. The Morgan fingerprint density at radius 3 is 2.35 bits per heavy atom. The highest BCUT2D eigenvalue weighted by atomic mass is 35.5. The van der Waals surface area contributed by atoms with Crippen molar-refractivity contribution in [3.63, 3.8) is 0 Å². The molecule has 0 aliphatic heterocycles. The fraction of sp³-hybridized carbons (Fsp3) is 0.692. The number of thiophene rings is 1. The average molecular weight is 276 g/mol. The van der Waals surface area contributed by atoms with Crippen molar-refractivity contribution in [2.45, 2.75) is 45.8 Å². The zero-order valence-electron chi connectivity index (χ0n) is 11.0. The molecular formula is C13H22ClNOS. The lowest BCUT2D eigenvalue weighted by molar-refractivity contribution is -0.0194. The van der Waals surface area contributed by atoms with Gasteiger partial charge < -0.3 is 5.11 Å². The predicted octanol–water partition coefficient (Wildman–Crippen LogP) is 3.95. The van der Waals surface area contributed by atoms with Gasteiger partial charge in [-0.2, -0.15) is 0 Å². The molecule has 0 amide bonds. The largest absolute Gasteiger partial charge is 0.386 e. The average Bonchev–Trinajstić information content (AvgIpc) is 2.75. The maximum atomic E-state index is 10.6. The van der Waals surface area contributed by atoms with Crippen molar-refractivity contribution in [3.05, 3.63) is 21.3 Å². The number of nitrogens with zero attached hydrogens (tertiary/aromatic N) is 1. The van der Waals surface area contributed by atoms with Gasteiger partial charge in [0.25, 0.3) is 0 Å². The molecular weight excluding hydrogens is 254 g/mol. The highest BCUT2D eigenvalue weighted by Crippen LogP contribution is 2.39. The predicted molar refractivity (Wildman–Crippen MR) is 75.9 cm³/mol. The molecule has 0 saturated heterocycles. The van der Waals surface area contributed by atoms with Crippen LogP contribution in [-0.4, -0.2) is 28.6 Å². The van der Waals surface area contributed by atoms with E-state index < -0.39 is 6.10 Å². The second kappa shape index (κ2) is 6.19. The number of hydrogen-bond donors (Lipinski definition) is 1. The number of rotatable bonds is 6. The maximum Gasteiger partial charge on any atom is 0.108 e. The van der Waals surface area contributed by atoms with Crippen molar-refractivity contribution in [1.82, 2.24) is 4.90 Å². The molecule has 0 aromatic carbocycles. The summed E-state index contributed by atoms with van der Waals surface area (Å²) in [6.45, 7) is 10.3. The summed E-state index contributed by atoms with van der Waals surface area (Å²) in [5, 5.41) is 13.2. The van der Waals surface area contributed by atoms with E-state index in [9.17, 15) is 5.11 Å². The normalized spacial score (nSPS) is 17.1. The van der Waals surface area contributed by atoms with Gasteiger partial charge in [0.1, 0.15) is 6.10 Å². The minimum Gasteiger partial charge on any atom is -0.386 e. The summed E-state index contributed by atoms with van der Waals surface area (Å²) in [5.74, 6) is 0. The van der Waals surface area contributed by atoms with E-state index in [1.165, 1.54) is 11.3 Å². The number of halogens is 1. The van der Waals surface area contributed by atoms with Gasteiger partial charge in [0.15, 0.2) is 0 Å². The standard InChI is InChI=1S/C13H22ClNOS/c1-5-13(4,15(6-2)7-3)12(16)11-10(14)8-9-17-11/h8-9,12,16H,5-7H2,1-4H3. The molecule has 0 radical (unpaired) electrons. The Balaban J connectivity index is 3.04. The Morgan fingerprint density at radius 2 is 2.00 bits per heavy atom. The van der Waals surface area contributed by atoms with Crippen LogP contribution in [0.25, 0.3) is 0 Å². The molecule has 1 rings (SSSR count). The summed E-state index contributed by atoms with van der Waals surface area (Å²) in [5.41, 5.74) is -0.252. The van der Waals surface area contributed by atoms with Crippen molar-refractivity contribution >= 4 is 22.9 Å². The second-order valence-corrected chi connectivity index (χ2v) is 5.77. The Kier molecular flexibility index (Phi) is 5.45. The first-order valence-electron chi connectivity index (χ1n) is 6.17. The van der Waals surface area contributed by atoms with Crippen LogP contribution in [0.1, 0.15) is 45.1 Å². The van der Waals surface area contributed by atoms with Crippen LogP contribution in [0.3, 0.4) is 0 Å². The van der Waals surface area contributed by atoms with Crippen LogP contribution >= 0.6 is 22.9 Å². The zero-order chi connectivity index (χ0) is 13.1. The molecule has 0 fully saturated rings. The summed E-state index contributed by atoms with van der Waals surface area (Å²) >= 11 is 7.65. The van der Waals surface area contributed by atoms with Crippen molar-refractivity contribution in [1.29, 1.82) is 0 Å². The third-order valence-corrected chi connectivity index (χ3v) is 5.09. The van der Waals surface area contributed by atoms with Gasteiger partial charge >= 0.3 is 0 Å². The monoisotopic (exact) mass is 275 g/mol. The molecule has 0 bridgehead atoms. The summed E-state index contributed by atoms with van der Waals surface area (Å²) in [6.07, 6.45) is 0.365. The van der Waals surface area contributed by atoms with Crippen molar-refractivity contribution in [2.75, 3.05) is 13.1 Å². The molecule has 2 nitrogen and oxygen atoms in total. The SMILES string of the molecule is CCN(CC)C(C)(CC)C(O)c1sccc1Cl. The quantitative estimate of drug-likeness (QED) is 0.850. The molecule has 98 valence electrons. The van der Waals surface area contributed by atoms with E-state index >= 15 is 0 Å². The van der Waals surface area contributed by atoms with E-state index in [1.807, 2.05) is 11.4 Å². The summed E-state index contributed by atoms with van der Waals surface area (Å²) < 4.78 is 0. The Labute approximate surface area is 113 Å². The third kappa shape index (κ3) is 2.84. The lowest BCUT2D eigenvalue weighted by Gasteiger charge is -2.43. The van der Waals surface area contributed by atoms with Gasteiger partial charge in [0.05, 0.1) is 9.90 Å². The number of aliphatic hydroxyl groups excluding tert-OH is 1. The first kappa shape index (κ1) is 15.0. The number of likely N-dealkylation sites (N-methyl/N-ethyl adjacent to an activating group) is 1. The second-order valence-electron chi connectivity index (χ2n) is 4.42. The van der Waals surface area contributed by atoms with Crippen LogP contribution in [0.15, 0.2) is 11.4 Å². The number of hydrogen-bond acceptors (Lipinski definition) is 3. The molecule has 0 saturated carbocycles. The van der Waals surface area contributed by atoms with E-state index in [4.69, 9.17) is 11.6 Å². The Hall–Kier alpha value is -0.0900. The fourth-order valence-corrected chi connectivity index (χ4v) is 3.61. The fourth-order valence-electron chi connectivity index (χ4n) is 2.32. The molecule has 0 spiro atoms. The first-order chi connectivity index (χ1) is 8.01. The lowest BCUT2D eigenvalue weighted by atomic mass is 9.88. The van der Waals surface area contributed by atoms with Gasteiger partial charge in [-0.15, -0.1) is 11.3 Å². The van der Waals surface area contributed by atoms with Crippen molar-refractivity contribution in [2.24, 2.45) is 0 Å². The van der Waals surface area contributed by atoms with Gasteiger partial charge in [-0.3, -0.25) is 4.90 Å². The van der Waals surface area contributed by atoms with E-state index in [0.717, 1.165) is 24.4 Å². The van der Waals surface area contributed by atoms with E-state index in [2.05, 4.69) is 32.6 Å². The minimum atomic E-state index is -0.528. The van der Waals surface area contributed by atoms with Crippen LogP contribution in [0.4, 0.5) is 0 Å². The van der Waals surface area contributed by atoms with E-state index in [-0.39, 0.29) is 5.54 Å². The highest BCUT2D eigenvalue weighted by Gasteiger charge is 2.38. The minimum absolute atomic E-state index is 0.252. The molecule has 4 heteroatoms. The molecule has 1 N–H and O–H groups in total. The van der Waals surface area contributed by atoms with Gasteiger partial charge in [0, 0.05) is 5.54 Å². The lowest BCUT2D eigenvalue weighted by Crippen LogP contribution is -2.50. The Morgan fingerprint density at radius 1 is 1.41 bits per heavy atom. The topological polar surface area (TPSA) is 23.5 Å². The summed E-state index contributed by atoms with van der Waals surface area (Å²) in [4.78, 5) is 3.18. The Bertz CT molecular complexity index is 351. The van der Waals surface area contributed by atoms with Crippen LogP contribution in [-0.2, 0) is 0 Å². The number of aliphatic hydroxyl groups is 1. The van der Waals surface area contributed by atoms with Crippen molar-refractivity contribution < 1.29 is 5.11 Å². The molecule has 1 heterocycles. The summed E-state index contributed by atoms with van der Waals surface area (Å²) in [6, 6.07) is 1.85. The van der Waals surface area contributed by atoms with Crippen LogP contribution in [0, 0.1) is 0 Å². The smallest absolute Gasteiger partial charge is 0.108 e. The molecule has 1 aromatic heterocycles. The molecule has 1 aromatic rings. The van der Waals surface area contributed by atoms with Gasteiger partial charge in [-0.1, -0.05) is 32.4 Å². The molecule has 2 atom stereocenters. The zero-order valence-corrected chi connectivity index (χ0v) is 12.6. The maximum absolute atomic E-state index is 10.6. The third-order valence-electron chi connectivity index (χ3n) is 3.68. The van der Waals surface area contributed by atoms with E-state index in [1.54, 1.807) is 0 Å². The van der Waals surface area contributed by atoms with Crippen LogP contribution in [0.2, 0.25) is 5.02 Å². The van der Waals surface area contributed by atoms with Crippen molar-refractivity contribution in [3.8, 4) is 0 Å². The van der Waals surface area contributed by atoms with Gasteiger partial charge in [-0.25, -0.2) is 0 Å². The summed E-state index contributed by atoms with van der Waals surface area (Å²) in [7, 11) is 0.